The van der Waals surface area contributed by atoms with E-state index in [-0.39, 0.29) is 11.7 Å². The molecule has 5 nitrogen and oxygen atoms in total. The second kappa shape index (κ2) is 3.16. The van der Waals surface area contributed by atoms with Crippen molar-refractivity contribution in [3.05, 3.63) is 0 Å². The lowest BCUT2D eigenvalue weighted by atomic mass is 9.78. The van der Waals surface area contributed by atoms with Crippen molar-refractivity contribution in [1.82, 2.24) is 10.6 Å². The number of hydrogen-bond acceptors (Lipinski definition) is 3. The Morgan fingerprint density at radius 1 is 1.15 bits per heavy atom. The molecule has 5 heteroatoms. The van der Waals surface area contributed by atoms with Crippen LogP contribution in [0.4, 0.5) is 4.79 Å². The van der Waals surface area contributed by atoms with E-state index >= 15 is 0 Å². The van der Waals surface area contributed by atoms with Crippen molar-refractivity contribution in [3.63, 3.8) is 0 Å². The molecule has 0 spiro atoms. The van der Waals surface area contributed by atoms with Crippen molar-refractivity contribution in [2.75, 3.05) is 0 Å². The van der Waals surface area contributed by atoms with E-state index in [2.05, 4.69) is 10.6 Å². The van der Waals surface area contributed by atoms with Crippen LogP contribution in [0.3, 0.4) is 0 Å². The van der Waals surface area contributed by atoms with Gasteiger partial charge in [0.2, 0.25) is 0 Å². The highest BCUT2D eigenvalue weighted by Gasteiger charge is 2.41. The molecule has 13 heavy (non-hydrogen) atoms. The second-order valence-electron chi connectivity index (χ2n) is 3.12. The predicted molar refractivity (Wildman–Crippen MR) is 50.1 cm³/mol. The van der Waals surface area contributed by atoms with Crippen LogP contribution in [0, 0.1) is 16.2 Å². The van der Waals surface area contributed by atoms with Crippen molar-refractivity contribution in [3.8, 4) is 0 Å². The molecule has 72 valence electrons. The Kier molecular flexibility index (Phi) is 2.36. The number of carbonyl (C=O) groups is 1. The molecule has 0 aromatic heterocycles. The normalized spacial score (nSPS) is 20.9. The van der Waals surface area contributed by atoms with Crippen molar-refractivity contribution < 1.29 is 4.79 Å². The maximum Gasteiger partial charge on any atom is 0.325 e. The summed E-state index contributed by atoms with van der Waals surface area (Å²) in [5.41, 5.74) is -0.617. The highest BCUT2D eigenvalue weighted by atomic mass is 16.2. The Morgan fingerprint density at radius 3 is 1.85 bits per heavy atom. The predicted octanol–water partition coefficient (Wildman–Crippen LogP) is 1.06. The van der Waals surface area contributed by atoms with Gasteiger partial charge in [-0.2, -0.15) is 0 Å². The smallest absolute Gasteiger partial charge is 0.295 e. The van der Waals surface area contributed by atoms with Gasteiger partial charge in [-0.3, -0.25) is 21.5 Å². The minimum absolute atomic E-state index is 0.131. The molecule has 0 aromatic carbocycles. The first-order chi connectivity index (χ1) is 6.06. The van der Waals surface area contributed by atoms with Gasteiger partial charge in [-0.25, -0.2) is 4.79 Å². The number of nitrogens with one attached hydrogen (secondary N) is 4. The van der Waals surface area contributed by atoms with Gasteiger partial charge in [-0.05, 0) is 12.8 Å². The Hall–Kier alpha value is -1.39. The molecule has 1 aliphatic heterocycles. The van der Waals surface area contributed by atoms with Gasteiger partial charge in [0, 0.05) is 0 Å². The number of amides is 2. The van der Waals surface area contributed by atoms with Gasteiger partial charge < -0.3 is 0 Å². The third-order valence-electron chi connectivity index (χ3n) is 2.64. The van der Waals surface area contributed by atoms with Crippen molar-refractivity contribution >= 4 is 17.7 Å². The van der Waals surface area contributed by atoms with Crippen molar-refractivity contribution in [2.24, 2.45) is 5.41 Å². The molecule has 4 N–H and O–H groups in total. The summed E-state index contributed by atoms with van der Waals surface area (Å²) < 4.78 is 0. The lowest BCUT2D eigenvalue weighted by Gasteiger charge is -2.36. The second-order valence-corrected chi connectivity index (χ2v) is 3.12. The van der Waals surface area contributed by atoms with E-state index in [4.69, 9.17) is 10.8 Å². The third-order valence-corrected chi connectivity index (χ3v) is 2.64. The molecule has 0 saturated carbocycles. The number of rotatable bonds is 2. The van der Waals surface area contributed by atoms with Crippen LogP contribution >= 0.6 is 0 Å². The lowest BCUT2D eigenvalue weighted by molar-refractivity contribution is 0.245. The average Bonchev–Trinajstić information content (AvgIpc) is 2.05. The van der Waals surface area contributed by atoms with Crippen LogP contribution in [0.1, 0.15) is 26.7 Å². The maximum absolute atomic E-state index is 10.9. The summed E-state index contributed by atoms with van der Waals surface area (Å²) in [7, 11) is 0. The van der Waals surface area contributed by atoms with E-state index in [1.807, 2.05) is 13.8 Å². The SMILES string of the molecule is CCC1(CC)C(=N)NC(=O)NC1=N. The van der Waals surface area contributed by atoms with Crippen LogP contribution in [0.2, 0.25) is 0 Å². The maximum atomic E-state index is 10.9. The molecule has 0 bridgehead atoms. The third kappa shape index (κ3) is 1.30. The topological polar surface area (TPSA) is 88.8 Å². The van der Waals surface area contributed by atoms with Crippen LogP contribution in [0.15, 0.2) is 0 Å². The molecule has 0 radical (unpaired) electrons. The average molecular weight is 182 g/mol. The molecule has 1 fully saturated rings. The molecule has 1 rings (SSSR count). The quantitative estimate of drug-likeness (QED) is 0.505. The summed E-state index contributed by atoms with van der Waals surface area (Å²) in [5.74, 6) is 0.262. The van der Waals surface area contributed by atoms with Crippen LogP contribution in [0.25, 0.3) is 0 Å². The summed E-state index contributed by atoms with van der Waals surface area (Å²) in [6, 6.07) is -0.479. The van der Waals surface area contributed by atoms with E-state index < -0.39 is 11.4 Å². The van der Waals surface area contributed by atoms with Gasteiger partial charge in [0.15, 0.2) is 0 Å². The Morgan fingerprint density at radius 2 is 1.54 bits per heavy atom. The first-order valence-corrected chi connectivity index (χ1v) is 4.33. The van der Waals surface area contributed by atoms with Gasteiger partial charge in [-0.1, -0.05) is 13.8 Å². The molecule has 0 aliphatic carbocycles. The number of urea groups is 1. The van der Waals surface area contributed by atoms with E-state index in [9.17, 15) is 4.79 Å². The van der Waals surface area contributed by atoms with Crippen LogP contribution in [0.5, 0.6) is 0 Å². The summed E-state index contributed by atoms with van der Waals surface area (Å²) in [6.45, 7) is 3.82. The number of carbonyl (C=O) groups excluding carboxylic acids is 1. The van der Waals surface area contributed by atoms with Gasteiger partial charge in [0.05, 0.1) is 5.41 Å². The Labute approximate surface area is 76.9 Å². The Bertz CT molecular complexity index is 245. The highest BCUT2D eigenvalue weighted by molar-refractivity contribution is 6.20. The molecule has 0 aromatic rings. The lowest BCUT2D eigenvalue weighted by Crippen LogP contribution is -2.61. The van der Waals surface area contributed by atoms with Gasteiger partial charge in [-0.15, -0.1) is 0 Å². The standard InChI is InChI=1S/C8H14N4O/c1-3-8(4-2)5(9)11-7(13)12-6(8)10/h3-4H2,1-2H3,(H4,9,10,11,12,13). The molecular formula is C8H14N4O. The van der Waals surface area contributed by atoms with Gasteiger partial charge >= 0.3 is 6.03 Å². The number of hydrogen-bond donors (Lipinski definition) is 4. The molecule has 1 heterocycles. The minimum atomic E-state index is -0.617. The molecule has 0 atom stereocenters. The van der Waals surface area contributed by atoms with Crippen LogP contribution < -0.4 is 10.6 Å². The van der Waals surface area contributed by atoms with Crippen LogP contribution in [-0.4, -0.2) is 17.7 Å². The minimum Gasteiger partial charge on any atom is -0.295 e. The first kappa shape index (κ1) is 9.70. The van der Waals surface area contributed by atoms with E-state index in [0.717, 1.165) is 0 Å². The monoisotopic (exact) mass is 182 g/mol. The van der Waals surface area contributed by atoms with E-state index in [1.54, 1.807) is 0 Å². The summed E-state index contributed by atoms with van der Waals surface area (Å²) >= 11 is 0. The first-order valence-electron chi connectivity index (χ1n) is 4.33. The van der Waals surface area contributed by atoms with Crippen molar-refractivity contribution in [1.29, 1.82) is 10.8 Å². The van der Waals surface area contributed by atoms with Gasteiger partial charge in [0.1, 0.15) is 11.7 Å². The highest BCUT2D eigenvalue weighted by Crippen LogP contribution is 2.28. The zero-order chi connectivity index (χ0) is 10.1. The molecule has 1 aliphatic rings. The van der Waals surface area contributed by atoms with Crippen molar-refractivity contribution in [2.45, 2.75) is 26.7 Å². The molecule has 1 saturated heterocycles. The van der Waals surface area contributed by atoms with E-state index in [0.29, 0.717) is 12.8 Å². The number of amidine groups is 2. The molecule has 2 amide bonds. The fourth-order valence-corrected chi connectivity index (χ4v) is 1.58. The summed E-state index contributed by atoms with van der Waals surface area (Å²) in [6.07, 6.45) is 1.29. The fraction of sp³-hybridized carbons (Fsp3) is 0.625. The Balaban J connectivity index is 3.01. The van der Waals surface area contributed by atoms with Crippen LogP contribution in [-0.2, 0) is 0 Å². The molecule has 0 unspecified atom stereocenters. The molecular weight excluding hydrogens is 168 g/mol. The van der Waals surface area contributed by atoms with E-state index in [1.165, 1.54) is 0 Å². The zero-order valence-corrected chi connectivity index (χ0v) is 7.82. The van der Waals surface area contributed by atoms with Gasteiger partial charge in [0.25, 0.3) is 0 Å². The summed E-state index contributed by atoms with van der Waals surface area (Å²) in [5, 5.41) is 20.1. The zero-order valence-electron chi connectivity index (χ0n) is 7.82. The summed E-state index contributed by atoms with van der Waals surface area (Å²) in [4.78, 5) is 10.9. The largest absolute Gasteiger partial charge is 0.325 e. The fourth-order valence-electron chi connectivity index (χ4n) is 1.58.